The molecule has 6 heteroatoms. The van der Waals surface area contributed by atoms with Crippen molar-refractivity contribution < 1.29 is 9.47 Å². The van der Waals surface area contributed by atoms with Gasteiger partial charge in [0.2, 0.25) is 0 Å². The van der Waals surface area contributed by atoms with Gasteiger partial charge in [-0.1, -0.05) is 6.07 Å². The molecule has 0 N–H and O–H groups in total. The highest BCUT2D eigenvalue weighted by Crippen LogP contribution is 2.26. The molecule has 0 amide bonds. The molecule has 128 valence electrons. The highest BCUT2D eigenvalue weighted by Gasteiger charge is 2.21. The number of methoxy groups -OCH3 is 1. The Labute approximate surface area is 142 Å². The Morgan fingerprint density at radius 3 is 2.96 bits per heavy atom. The van der Waals surface area contributed by atoms with Gasteiger partial charge in [-0.05, 0) is 25.5 Å². The third-order valence-electron chi connectivity index (χ3n) is 4.16. The molecule has 0 unspecified atom stereocenters. The summed E-state index contributed by atoms with van der Waals surface area (Å²) in [6.07, 6.45) is 2.84. The molecule has 6 nitrogen and oxygen atoms in total. The second-order valence-corrected chi connectivity index (χ2v) is 5.99. The van der Waals surface area contributed by atoms with E-state index in [2.05, 4.69) is 25.9 Å². The fourth-order valence-corrected chi connectivity index (χ4v) is 2.88. The fraction of sp³-hybridized carbons (Fsp3) is 0.500. The van der Waals surface area contributed by atoms with Crippen molar-refractivity contribution in [3.8, 4) is 0 Å². The molecular formula is C18H24N4O2. The molecule has 2 aromatic rings. The van der Waals surface area contributed by atoms with Crippen molar-refractivity contribution in [3.63, 3.8) is 0 Å². The van der Waals surface area contributed by atoms with E-state index in [-0.39, 0.29) is 0 Å². The molecule has 0 bridgehead atoms. The Morgan fingerprint density at radius 1 is 1.33 bits per heavy atom. The molecule has 1 fully saturated rings. The van der Waals surface area contributed by atoms with Gasteiger partial charge in [0.05, 0.1) is 31.1 Å². The minimum atomic E-state index is 0.365. The Balaban J connectivity index is 1.85. The number of ether oxygens (including phenoxy) is 2. The molecule has 0 radical (unpaired) electrons. The molecule has 0 spiro atoms. The summed E-state index contributed by atoms with van der Waals surface area (Å²) in [6, 6.07) is 8.05. The van der Waals surface area contributed by atoms with E-state index in [1.807, 2.05) is 31.3 Å². The average molecular weight is 328 g/mol. The summed E-state index contributed by atoms with van der Waals surface area (Å²) in [5.74, 6) is 2.08. The molecule has 3 rings (SSSR count). The summed E-state index contributed by atoms with van der Waals surface area (Å²) < 4.78 is 10.8. The molecule has 3 heterocycles. The Bertz CT molecular complexity index is 645. The van der Waals surface area contributed by atoms with E-state index in [1.165, 1.54) is 0 Å². The van der Waals surface area contributed by atoms with Crippen LogP contribution in [0.15, 0.2) is 30.5 Å². The van der Waals surface area contributed by atoms with Gasteiger partial charge in [0.15, 0.2) is 0 Å². The van der Waals surface area contributed by atoms with Crippen LogP contribution in [-0.4, -0.2) is 48.4 Å². The minimum Gasteiger partial charge on any atom is -0.383 e. The third-order valence-corrected chi connectivity index (χ3v) is 4.16. The maximum atomic E-state index is 5.51. The van der Waals surface area contributed by atoms with E-state index in [1.54, 1.807) is 7.11 Å². The molecule has 1 atom stereocenters. The number of hydrogen-bond donors (Lipinski definition) is 0. The zero-order valence-electron chi connectivity index (χ0n) is 14.3. The molecule has 0 aliphatic carbocycles. The number of aromatic nitrogens is 3. The van der Waals surface area contributed by atoms with Crippen LogP contribution in [0, 0.1) is 6.92 Å². The smallest absolute Gasteiger partial charge is 0.132 e. The summed E-state index contributed by atoms with van der Waals surface area (Å²) in [5.41, 5.74) is 2.08. The van der Waals surface area contributed by atoms with Crippen LogP contribution in [-0.2, 0) is 16.0 Å². The fourth-order valence-electron chi connectivity index (χ4n) is 2.88. The zero-order valence-corrected chi connectivity index (χ0v) is 14.3. The van der Waals surface area contributed by atoms with E-state index in [0.717, 1.165) is 49.2 Å². The van der Waals surface area contributed by atoms with Gasteiger partial charge in [-0.15, -0.1) is 0 Å². The summed E-state index contributed by atoms with van der Waals surface area (Å²) >= 11 is 0. The van der Waals surface area contributed by atoms with Crippen LogP contribution in [0.5, 0.6) is 0 Å². The van der Waals surface area contributed by atoms with Crippen LogP contribution in [0.2, 0.25) is 0 Å². The van der Waals surface area contributed by atoms with E-state index < -0.39 is 0 Å². The lowest BCUT2D eigenvalue weighted by Gasteiger charge is -2.24. The van der Waals surface area contributed by atoms with Gasteiger partial charge in [-0.25, -0.2) is 9.97 Å². The van der Waals surface area contributed by atoms with Crippen molar-refractivity contribution in [2.24, 2.45) is 0 Å². The largest absolute Gasteiger partial charge is 0.383 e. The number of pyridine rings is 1. The van der Waals surface area contributed by atoms with Crippen LogP contribution in [0.25, 0.3) is 0 Å². The lowest BCUT2D eigenvalue weighted by Crippen LogP contribution is -2.28. The summed E-state index contributed by atoms with van der Waals surface area (Å²) in [6.45, 7) is 5.58. The Morgan fingerprint density at radius 2 is 2.25 bits per heavy atom. The minimum absolute atomic E-state index is 0.365. The monoisotopic (exact) mass is 328 g/mol. The standard InChI is InChI=1S/C18H24N4O2/c1-14-20-17(15-6-9-24-13-15)11-18(21-14)22(8-10-23-2)12-16-5-3-4-7-19-16/h3-5,7,11,15H,6,8-10,12-13H2,1-2H3/t15-/m1/s1. The van der Waals surface area contributed by atoms with Crippen molar-refractivity contribution in [1.29, 1.82) is 0 Å². The molecule has 0 saturated carbocycles. The number of anilines is 1. The van der Waals surface area contributed by atoms with Gasteiger partial charge in [0.1, 0.15) is 11.6 Å². The number of rotatable bonds is 7. The highest BCUT2D eigenvalue weighted by molar-refractivity contribution is 5.41. The van der Waals surface area contributed by atoms with Crippen molar-refractivity contribution in [2.45, 2.75) is 25.8 Å². The van der Waals surface area contributed by atoms with Gasteiger partial charge in [0.25, 0.3) is 0 Å². The first-order chi connectivity index (χ1) is 11.8. The van der Waals surface area contributed by atoms with E-state index in [4.69, 9.17) is 9.47 Å². The molecule has 24 heavy (non-hydrogen) atoms. The predicted molar refractivity (Wildman–Crippen MR) is 92.1 cm³/mol. The Kier molecular flexibility index (Phi) is 5.72. The first kappa shape index (κ1) is 16.8. The molecule has 2 aromatic heterocycles. The van der Waals surface area contributed by atoms with Crippen LogP contribution < -0.4 is 4.90 Å². The normalized spacial score (nSPS) is 17.2. The zero-order chi connectivity index (χ0) is 16.8. The van der Waals surface area contributed by atoms with Gasteiger partial charge in [-0.2, -0.15) is 0 Å². The van der Waals surface area contributed by atoms with E-state index >= 15 is 0 Å². The van der Waals surface area contributed by atoms with Crippen molar-refractivity contribution >= 4 is 5.82 Å². The molecule has 1 saturated heterocycles. The second-order valence-electron chi connectivity index (χ2n) is 5.99. The SMILES string of the molecule is COCCN(Cc1ccccn1)c1cc([C@@H]2CCOC2)nc(C)n1. The maximum Gasteiger partial charge on any atom is 0.132 e. The topological polar surface area (TPSA) is 60.4 Å². The van der Waals surface area contributed by atoms with Crippen LogP contribution in [0.3, 0.4) is 0 Å². The first-order valence-electron chi connectivity index (χ1n) is 8.33. The van der Waals surface area contributed by atoms with Crippen molar-refractivity contribution in [2.75, 3.05) is 38.4 Å². The predicted octanol–water partition coefficient (Wildman–Crippen LogP) is 2.34. The average Bonchev–Trinajstić information content (AvgIpc) is 3.13. The Hall–Kier alpha value is -2.05. The summed E-state index contributed by atoms with van der Waals surface area (Å²) in [4.78, 5) is 15.9. The van der Waals surface area contributed by atoms with Gasteiger partial charge < -0.3 is 14.4 Å². The third kappa shape index (κ3) is 4.27. The highest BCUT2D eigenvalue weighted by atomic mass is 16.5. The van der Waals surface area contributed by atoms with Gasteiger partial charge >= 0.3 is 0 Å². The lowest BCUT2D eigenvalue weighted by atomic mass is 10.0. The van der Waals surface area contributed by atoms with E-state index in [0.29, 0.717) is 19.1 Å². The van der Waals surface area contributed by atoms with Crippen LogP contribution in [0.1, 0.15) is 29.6 Å². The number of aryl methyl sites for hydroxylation is 1. The molecule has 0 aromatic carbocycles. The molecular weight excluding hydrogens is 304 g/mol. The molecule has 1 aliphatic heterocycles. The first-order valence-corrected chi connectivity index (χ1v) is 8.33. The van der Waals surface area contributed by atoms with Crippen LogP contribution >= 0.6 is 0 Å². The molecule has 1 aliphatic rings. The van der Waals surface area contributed by atoms with Crippen molar-refractivity contribution in [1.82, 2.24) is 15.0 Å². The van der Waals surface area contributed by atoms with Crippen molar-refractivity contribution in [3.05, 3.63) is 47.7 Å². The van der Waals surface area contributed by atoms with Gasteiger partial charge in [0, 0.05) is 38.4 Å². The second kappa shape index (κ2) is 8.17. The van der Waals surface area contributed by atoms with E-state index in [9.17, 15) is 0 Å². The number of nitrogens with zero attached hydrogens (tertiary/aromatic N) is 4. The summed E-state index contributed by atoms with van der Waals surface area (Å²) in [5, 5.41) is 0. The van der Waals surface area contributed by atoms with Crippen LogP contribution in [0.4, 0.5) is 5.82 Å². The lowest BCUT2D eigenvalue weighted by molar-refractivity contribution is 0.193. The van der Waals surface area contributed by atoms with Gasteiger partial charge in [-0.3, -0.25) is 4.98 Å². The summed E-state index contributed by atoms with van der Waals surface area (Å²) in [7, 11) is 1.71. The quantitative estimate of drug-likeness (QED) is 0.777. The maximum absolute atomic E-state index is 5.51. The number of hydrogen-bond acceptors (Lipinski definition) is 6.